The van der Waals surface area contributed by atoms with Gasteiger partial charge in [-0.25, -0.2) is 0 Å². The minimum Gasteiger partial charge on any atom is -0.481 e. The third-order valence-corrected chi connectivity index (χ3v) is 4.44. The quantitative estimate of drug-likeness (QED) is 0.774. The minimum atomic E-state index is -0.938. The molecule has 0 heterocycles. The van der Waals surface area contributed by atoms with Crippen molar-refractivity contribution in [2.24, 2.45) is 17.8 Å². The molecule has 3 atom stereocenters. The zero-order valence-electron chi connectivity index (χ0n) is 9.98. The van der Waals surface area contributed by atoms with Gasteiger partial charge in [0.2, 0.25) is 0 Å². The standard InChI is InChI=1S/C13H22O3/c1-2-11(12(14)15)13(16)7-3-4-10(8-13)9-5-6-9/h9-11,16H,2-8H2,1H3,(H,14,15). The van der Waals surface area contributed by atoms with Crippen LogP contribution in [-0.4, -0.2) is 21.8 Å². The largest absolute Gasteiger partial charge is 0.481 e. The zero-order valence-corrected chi connectivity index (χ0v) is 9.98. The molecule has 92 valence electrons. The summed E-state index contributed by atoms with van der Waals surface area (Å²) in [5, 5.41) is 19.7. The van der Waals surface area contributed by atoms with E-state index in [9.17, 15) is 15.0 Å². The van der Waals surface area contributed by atoms with Crippen molar-refractivity contribution in [3.8, 4) is 0 Å². The van der Waals surface area contributed by atoms with Crippen LogP contribution in [0.15, 0.2) is 0 Å². The van der Waals surface area contributed by atoms with Crippen molar-refractivity contribution in [2.45, 2.75) is 57.5 Å². The van der Waals surface area contributed by atoms with Crippen LogP contribution in [0, 0.1) is 17.8 Å². The second kappa shape index (κ2) is 4.36. The summed E-state index contributed by atoms with van der Waals surface area (Å²) in [6.45, 7) is 1.86. The van der Waals surface area contributed by atoms with Crippen LogP contribution in [-0.2, 0) is 4.79 Å². The molecule has 0 spiro atoms. The number of hydrogen-bond donors (Lipinski definition) is 2. The van der Waals surface area contributed by atoms with Crippen LogP contribution in [0.4, 0.5) is 0 Å². The first-order valence-electron chi connectivity index (χ1n) is 6.52. The molecule has 3 heteroatoms. The Morgan fingerprint density at radius 3 is 2.56 bits per heavy atom. The fraction of sp³-hybridized carbons (Fsp3) is 0.923. The summed E-state index contributed by atoms with van der Waals surface area (Å²) >= 11 is 0. The Hall–Kier alpha value is -0.570. The summed E-state index contributed by atoms with van der Waals surface area (Å²) in [5.41, 5.74) is -0.938. The highest BCUT2D eigenvalue weighted by Gasteiger charge is 2.46. The highest BCUT2D eigenvalue weighted by atomic mass is 16.4. The van der Waals surface area contributed by atoms with Crippen molar-refractivity contribution >= 4 is 5.97 Å². The molecule has 3 nitrogen and oxygen atoms in total. The van der Waals surface area contributed by atoms with E-state index in [0.29, 0.717) is 25.2 Å². The Morgan fingerprint density at radius 1 is 1.38 bits per heavy atom. The van der Waals surface area contributed by atoms with Crippen LogP contribution < -0.4 is 0 Å². The maximum atomic E-state index is 11.2. The highest BCUT2D eigenvalue weighted by molar-refractivity contribution is 5.71. The topological polar surface area (TPSA) is 57.5 Å². The summed E-state index contributed by atoms with van der Waals surface area (Å²) < 4.78 is 0. The van der Waals surface area contributed by atoms with Gasteiger partial charge >= 0.3 is 5.97 Å². The maximum absolute atomic E-state index is 11.2. The molecule has 2 aliphatic rings. The SMILES string of the molecule is CCC(C(=O)O)C1(O)CCCC(C2CC2)C1. The van der Waals surface area contributed by atoms with Crippen molar-refractivity contribution in [3.63, 3.8) is 0 Å². The molecule has 0 radical (unpaired) electrons. The molecule has 2 fully saturated rings. The second-order valence-corrected chi connectivity index (χ2v) is 5.60. The smallest absolute Gasteiger partial charge is 0.309 e. The maximum Gasteiger partial charge on any atom is 0.309 e. The summed E-state index contributed by atoms with van der Waals surface area (Å²) in [7, 11) is 0. The van der Waals surface area contributed by atoms with E-state index in [-0.39, 0.29) is 0 Å². The first-order chi connectivity index (χ1) is 7.57. The molecule has 0 bridgehead atoms. The summed E-state index contributed by atoms with van der Waals surface area (Å²) in [4.78, 5) is 11.2. The van der Waals surface area contributed by atoms with E-state index in [1.165, 1.54) is 19.3 Å². The van der Waals surface area contributed by atoms with Crippen molar-refractivity contribution in [3.05, 3.63) is 0 Å². The Balaban J connectivity index is 2.06. The first-order valence-corrected chi connectivity index (χ1v) is 6.52. The first kappa shape index (κ1) is 11.9. The normalized spacial score (nSPS) is 37.0. The van der Waals surface area contributed by atoms with Crippen molar-refractivity contribution in [2.75, 3.05) is 0 Å². The van der Waals surface area contributed by atoms with Crippen LogP contribution in [0.5, 0.6) is 0 Å². The van der Waals surface area contributed by atoms with Gasteiger partial charge < -0.3 is 10.2 Å². The number of carbonyl (C=O) groups is 1. The lowest BCUT2D eigenvalue weighted by molar-refractivity contribution is -0.157. The third-order valence-electron chi connectivity index (χ3n) is 4.44. The van der Waals surface area contributed by atoms with Gasteiger partial charge in [-0.05, 0) is 50.4 Å². The van der Waals surface area contributed by atoms with E-state index >= 15 is 0 Å². The van der Waals surface area contributed by atoms with Gasteiger partial charge in [-0.2, -0.15) is 0 Å². The fourth-order valence-corrected chi connectivity index (χ4v) is 3.40. The lowest BCUT2D eigenvalue weighted by Crippen LogP contribution is -2.46. The molecule has 2 N–H and O–H groups in total. The lowest BCUT2D eigenvalue weighted by atomic mass is 9.69. The Bertz CT molecular complexity index is 272. The van der Waals surface area contributed by atoms with Gasteiger partial charge in [0.05, 0.1) is 11.5 Å². The molecular formula is C13H22O3. The zero-order chi connectivity index (χ0) is 11.8. The van der Waals surface area contributed by atoms with Gasteiger partial charge in [-0.15, -0.1) is 0 Å². The Labute approximate surface area is 96.9 Å². The molecule has 16 heavy (non-hydrogen) atoms. The van der Waals surface area contributed by atoms with Gasteiger partial charge in [-0.3, -0.25) is 4.79 Å². The minimum absolute atomic E-state index is 0.531. The molecule has 3 unspecified atom stereocenters. The van der Waals surface area contributed by atoms with E-state index in [2.05, 4.69) is 0 Å². The molecule has 0 saturated heterocycles. The van der Waals surface area contributed by atoms with E-state index in [0.717, 1.165) is 12.3 Å². The number of carboxylic acid groups (broad SMARTS) is 1. The van der Waals surface area contributed by atoms with Crippen molar-refractivity contribution < 1.29 is 15.0 Å². The number of carboxylic acids is 1. The molecular weight excluding hydrogens is 204 g/mol. The number of aliphatic hydroxyl groups is 1. The van der Waals surface area contributed by atoms with Gasteiger partial charge in [0, 0.05) is 0 Å². The average molecular weight is 226 g/mol. The van der Waals surface area contributed by atoms with Crippen LogP contribution in [0.25, 0.3) is 0 Å². The summed E-state index contributed by atoms with van der Waals surface area (Å²) in [6.07, 6.45) is 6.65. The predicted molar refractivity (Wildman–Crippen MR) is 61.0 cm³/mol. The van der Waals surface area contributed by atoms with E-state index in [4.69, 9.17) is 0 Å². The van der Waals surface area contributed by atoms with Crippen LogP contribution >= 0.6 is 0 Å². The van der Waals surface area contributed by atoms with Gasteiger partial charge in [-0.1, -0.05) is 13.3 Å². The fourth-order valence-electron chi connectivity index (χ4n) is 3.40. The van der Waals surface area contributed by atoms with Crippen molar-refractivity contribution in [1.82, 2.24) is 0 Å². The van der Waals surface area contributed by atoms with Crippen LogP contribution in [0.1, 0.15) is 51.9 Å². The van der Waals surface area contributed by atoms with Crippen molar-refractivity contribution in [1.29, 1.82) is 0 Å². The molecule has 0 aromatic rings. The third kappa shape index (κ3) is 2.24. The lowest BCUT2D eigenvalue weighted by Gasteiger charge is -2.40. The molecule has 0 aromatic carbocycles. The van der Waals surface area contributed by atoms with Crippen LogP contribution in [0.3, 0.4) is 0 Å². The molecule has 2 rings (SSSR count). The van der Waals surface area contributed by atoms with Crippen LogP contribution in [0.2, 0.25) is 0 Å². The number of aliphatic carboxylic acids is 1. The molecule has 2 aliphatic carbocycles. The molecule has 2 saturated carbocycles. The van der Waals surface area contributed by atoms with E-state index in [1.54, 1.807) is 0 Å². The molecule has 0 aromatic heterocycles. The highest BCUT2D eigenvalue weighted by Crippen LogP contribution is 2.48. The van der Waals surface area contributed by atoms with Gasteiger partial charge in [0.1, 0.15) is 0 Å². The van der Waals surface area contributed by atoms with Gasteiger partial charge in [0.15, 0.2) is 0 Å². The molecule has 0 aliphatic heterocycles. The summed E-state index contributed by atoms with van der Waals surface area (Å²) in [5.74, 6) is -0.0548. The predicted octanol–water partition coefficient (Wildman–Crippen LogP) is 2.43. The average Bonchev–Trinajstić information content (AvgIpc) is 3.00. The number of hydrogen-bond acceptors (Lipinski definition) is 2. The Morgan fingerprint density at radius 2 is 2.06 bits per heavy atom. The molecule has 0 amide bonds. The monoisotopic (exact) mass is 226 g/mol. The van der Waals surface area contributed by atoms with Gasteiger partial charge in [0.25, 0.3) is 0 Å². The second-order valence-electron chi connectivity index (χ2n) is 5.60. The van der Waals surface area contributed by atoms with E-state index < -0.39 is 17.5 Å². The van der Waals surface area contributed by atoms with E-state index in [1.807, 2.05) is 6.92 Å². The number of rotatable bonds is 4. The Kier molecular flexibility index (Phi) is 3.24. The summed E-state index contributed by atoms with van der Waals surface area (Å²) in [6, 6.07) is 0.